The number of amidine groups is 1. The highest BCUT2D eigenvalue weighted by atomic mass is 32.2. The zero-order valence-corrected chi connectivity index (χ0v) is 15.6. The van der Waals surface area contributed by atoms with Gasteiger partial charge in [-0.1, -0.05) is 17.7 Å². The number of carbonyl (C=O) groups excluding carboxylic acids is 3. The third-order valence-corrected chi connectivity index (χ3v) is 4.06. The van der Waals surface area contributed by atoms with Gasteiger partial charge in [-0.05, 0) is 44.7 Å². The summed E-state index contributed by atoms with van der Waals surface area (Å²) in [5, 5.41) is 9.23. The van der Waals surface area contributed by atoms with Crippen LogP contribution in [0.5, 0.6) is 0 Å². The van der Waals surface area contributed by atoms with Gasteiger partial charge in [-0.15, -0.1) is 5.10 Å². The molecule has 8 nitrogen and oxygen atoms in total. The average molecular weight is 374 g/mol. The molecule has 0 bridgehead atoms. The maximum Gasteiger partial charge on any atom is 0.331 e. The number of aryl methyl sites for hydroxylation is 1. The lowest BCUT2D eigenvalue weighted by Gasteiger charge is -2.09. The van der Waals surface area contributed by atoms with E-state index in [1.165, 1.54) is 7.11 Å². The third kappa shape index (κ3) is 4.79. The van der Waals surface area contributed by atoms with Gasteiger partial charge in [0, 0.05) is 17.4 Å². The van der Waals surface area contributed by atoms with Gasteiger partial charge in [0.2, 0.25) is 5.17 Å². The number of methoxy groups -OCH3 is 1. The first-order chi connectivity index (χ1) is 12.3. The van der Waals surface area contributed by atoms with E-state index in [1.54, 1.807) is 26.0 Å². The maximum absolute atomic E-state index is 12.4. The maximum atomic E-state index is 12.4. The molecule has 0 atom stereocenters. The van der Waals surface area contributed by atoms with Gasteiger partial charge in [-0.25, -0.2) is 10.2 Å². The Balaban J connectivity index is 2.25. The Kier molecular flexibility index (Phi) is 6.29. The lowest BCUT2D eigenvalue weighted by Crippen LogP contribution is -2.28. The monoisotopic (exact) mass is 374 g/mol. The summed E-state index contributed by atoms with van der Waals surface area (Å²) >= 11 is 0.917. The van der Waals surface area contributed by atoms with Gasteiger partial charge in [-0.2, -0.15) is 10.1 Å². The van der Waals surface area contributed by atoms with E-state index in [-0.39, 0.29) is 10.1 Å². The second-order valence-corrected chi connectivity index (χ2v) is 6.51. The van der Waals surface area contributed by atoms with Crippen LogP contribution in [0.4, 0.5) is 0 Å². The molecule has 0 radical (unpaired) electrons. The fraction of sp³-hybridized carbons (Fsp3) is 0.235. The lowest BCUT2D eigenvalue weighted by atomic mass is 10.1. The molecule has 1 aliphatic rings. The topological polar surface area (TPSA) is 100 Å². The lowest BCUT2D eigenvalue weighted by molar-refractivity contribution is -0.135. The quantitative estimate of drug-likeness (QED) is 0.376. The first kappa shape index (κ1) is 19.4. The minimum Gasteiger partial charge on any atom is -0.466 e. The van der Waals surface area contributed by atoms with Gasteiger partial charge < -0.3 is 4.74 Å². The van der Waals surface area contributed by atoms with Crippen LogP contribution in [0, 0.1) is 6.92 Å². The highest BCUT2D eigenvalue weighted by Crippen LogP contribution is 2.31. The van der Waals surface area contributed by atoms with Crippen molar-refractivity contribution in [3.8, 4) is 0 Å². The number of rotatable bonds is 4. The van der Waals surface area contributed by atoms with Crippen molar-refractivity contribution in [2.75, 3.05) is 7.11 Å². The van der Waals surface area contributed by atoms with Gasteiger partial charge in [0.1, 0.15) is 0 Å². The summed E-state index contributed by atoms with van der Waals surface area (Å²) in [7, 11) is 1.21. The summed E-state index contributed by atoms with van der Waals surface area (Å²) in [6.45, 7) is 5.34. The van der Waals surface area contributed by atoms with Crippen LogP contribution in [-0.2, 0) is 14.3 Å². The number of nitrogens with zero attached hydrogens (tertiary/aromatic N) is 3. The number of hydrogen-bond donors (Lipinski definition) is 1. The molecule has 1 N–H and O–H groups in total. The Bertz CT molecular complexity index is 824. The van der Waals surface area contributed by atoms with Gasteiger partial charge in [0.05, 0.1) is 12.0 Å². The Morgan fingerprint density at radius 1 is 1.23 bits per heavy atom. The van der Waals surface area contributed by atoms with Crippen molar-refractivity contribution < 1.29 is 19.1 Å². The molecular weight excluding hydrogens is 356 g/mol. The predicted octanol–water partition coefficient (Wildman–Crippen LogP) is 2.02. The van der Waals surface area contributed by atoms with Crippen molar-refractivity contribution in [2.24, 2.45) is 10.2 Å². The first-order valence-corrected chi connectivity index (χ1v) is 8.42. The van der Waals surface area contributed by atoms with Crippen LogP contribution < -0.4 is 5.43 Å². The van der Waals surface area contributed by atoms with Crippen molar-refractivity contribution >= 4 is 40.4 Å². The fourth-order valence-electron chi connectivity index (χ4n) is 1.86. The van der Waals surface area contributed by atoms with Crippen molar-refractivity contribution in [1.82, 2.24) is 10.4 Å². The van der Waals surface area contributed by atoms with Crippen LogP contribution in [-0.4, -0.2) is 40.8 Å². The molecular formula is C17H18N4O4S. The summed E-state index contributed by atoms with van der Waals surface area (Å²) in [5.41, 5.74) is 4.46. The summed E-state index contributed by atoms with van der Waals surface area (Å²) < 4.78 is 4.53. The number of nitrogens with one attached hydrogen (secondary N) is 1. The van der Waals surface area contributed by atoms with Crippen LogP contribution in [0.3, 0.4) is 0 Å². The molecule has 9 heteroatoms. The van der Waals surface area contributed by atoms with E-state index in [0.29, 0.717) is 11.3 Å². The molecule has 1 aliphatic heterocycles. The van der Waals surface area contributed by atoms with E-state index < -0.39 is 17.8 Å². The summed E-state index contributed by atoms with van der Waals surface area (Å²) in [6, 6.07) is 6.97. The minimum absolute atomic E-state index is 0.102. The number of amides is 2. The van der Waals surface area contributed by atoms with E-state index >= 15 is 0 Å². The van der Waals surface area contributed by atoms with Crippen molar-refractivity contribution in [3.63, 3.8) is 0 Å². The Hall–Kier alpha value is -2.94. The second kappa shape index (κ2) is 8.43. The second-order valence-electron chi connectivity index (χ2n) is 5.50. The molecule has 26 heavy (non-hydrogen) atoms. The number of hydrogen-bond acceptors (Lipinski definition) is 7. The largest absolute Gasteiger partial charge is 0.466 e. The number of esters is 1. The fourth-order valence-corrected chi connectivity index (χ4v) is 2.69. The molecule has 2 rings (SSSR count). The molecule has 2 amide bonds. The van der Waals surface area contributed by atoms with E-state index in [9.17, 15) is 14.4 Å². The van der Waals surface area contributed by atoms with Crippen LogP contribution in [0.2, 0.25) is 0 Å². The van der Waals surface area contributed by atoms with Gasteiger partial charge in [0.25, 0.3) is 11.8 Å². The predicted molar refractivity (Wildman–Crippen MR) is 99.4 cm³/mol. The molecule has 0 unspecified atom stereocenters. The van der Waals surface area contributed by atoms with Crippen LogP contribution in [0.25, 0.3) is 0 Å². The van der Waals surface area contributed by atoms with E-state index in [4.69, 9.17) is 0 Å². The first-order valence-electron chi connectivity index (χ1n) is 7.60. The smallest absolute Gasteiger partial charge is 0.331 e. The van der Waals surface area contributed by atoms with Crippen molar-refractivity contribution in [3.05, 3.63) is 46.4 Å². The number of carbonyl (C=O) groups is 3. The summed E-state index contributed by atoms with van der Waals surface area (Å²) in [5.74, 6) is -1.61. The Morgan fingerprint density at radius 2 is 1.88 bits per heavy atom. The van der Waals surface area contributed by atoms with E-state index in [0.717, 1.165) is 28.4 Å². The van der Waals surface area contributed by atoms with Crippen molar-refractivity contribution in [2.45, 2.75) is 20.8 Å². The molecule has 0 aliphatic carbocycles. The highest BCUT2D eigenvalue weighted by molar-refractivity contribution is 8.18. The molecule has 1 fully saturated rings. The molecule has 0 saturated carbocycles. The van der Waals surface area contributed by atoms with Crippen LogP contribution in [0.1, 0.15) is 29.8 Å². The van der Waals surface area contributed by atoms with Crippen LogP contribution in [0.15, 0.2) is 45.4 Å². The third-order valence-electron chi connectivity index (χ3n) is 3.10. The number of ether oxygens (including phenoxy) is 1. The molecule has 1 aromatic carbocycles. The SMILES string of the molecule is COC(=O)/C=C1\S/C(=N\NC(=O)c2ccc(C)cc2)N(N=C(C)C)C1=O. The highest BCUT2D eigenvalue weighted by Gasteiger charge is 2.35. The Labute approximate surface area is 155 Å². The zero-order valence-electron chi connectivity index (χ0n) is 14.8. The number of benzene rings is 1. The molecule has 1 aromatic rings. The standard InChI is InChI=1S/C17H18N4O4S/c1-10(2)20-21-16(24)13(9-14(22)25-4)26-17(21)19-18-15(23)12-7-5-11(3)6-8-12/h5-9H,1-4H3,(H,18,23)/b13-9-,19-17-. The van der Waals surface area contributed by atoms with Gasteiger partial charge in [0.15, 0.2) is 0 Å². The minimum atomic E-state index is -0.664. The Morgan fingerprint density at radius 3 is 2.46 bits per heavy atom. The molecule has 136 valence electrons. The summed E-state index contributed by atoms with van der Waals surface area (Å²) in [4.78, 5) is 36.1. The van der Waals surface area contributed by atoms with E-state index in [2.05, 4.69) is 20.4 Å². The normalized spacial score (nSPS) is 16.8. The number of hydrazone groups is 2. The van der Waals surface area contributed by atoms with Gasteiger partial charge in [-0.3, -0.25) is 9.59 Å². The van der Waals surface area contributed by atoms with Crippen LogP contribution >= 0.6 is 11.8 Å². The zero-order chi connectivity index (χ0) is 19.3. The summed E-state index contributed by atoms with van der Waals surface area (Å²) in [6.07, 6.45) is 1.06. The molecule has 1 heterocycles. The average Bonchev–Trinajstić information content (AvgIpc) is 2.88. The number of thioether (sulfide) groups is 1. The molecule has 1 saturated heterocycles. The van der Waals surface area contributed by atoms with Gasteiger partial charge >= 0.3 is 5.97 Å². The molecule has 0 spiro atoms. The van der Waals surface area contributed by atoms with E-state index in [1.807, 2.05) is 19.1 Å². The van der Waals surface area contributed by atoms with Crippen molar-refractivity contribution in [1.29, 1.82) is 0 Å². The molecule has 0 aromatic heterocycles.